The molecule has 1 amide bonds. The zero-order chi connectivity index (χ0) is 16.8. The van der Waals surface area contributed by atoms with Gasteiger partial charge in [-0.3, -0.25) is 4.79 Å². The van der Waals surface area contributed by atoms with Crippen LogP contribution in [0, 0.1) is 0 Å². The topological polar surface area (TPSA) is 49.2 Å². The molecule has 0 spiro atoms. The first-order chi connectivity index (χ1) is 11.0. The normalized spacial score (nSPS) is 11.2. The van der Waals surface area contributed by atoms with Crippen LogP contribution in [0.1, 0.15) is 10.4 Å². The van der Waals surface area contributed by atoms with Crippen molar-refractivity contribution in [2.75, 3.05) is 59.4 Å². The summed E-state index contributed by atoms with van der Waals surface area (Å²) in [5.41, 5.74) is 1.72. The van der Waals surface area contributed by atoms with Crippen molar-refractivity contribution in [3.63, 3.8) is 0 Å². The number of ether oxygens (including phenoxy) is 1. The number of carbonyl (C=O) groups is 1. The van der Waals surface area contributed by atoms with Gasteiger partial charge in [-0.1, -0.05) is 0 Å². The van der Waals surface area contributed by atoms with Gasteiger partial charge in [-0.15, -0.1) is 0 Å². The first-order valence-electron chi connectivity index (χ1n) is 7.77. The molecule has 0 atom stereocenters. The molecule has 0 bridgehead atoms. The lowest BCUT2D eigenvalue weighted by Crippen LogP contribution is -2.31. The van der Waals surface area contributed by atoms with Crippen LogP contribution in [0.4, 0.5) is 5.82 Å². The predicted octanol–water partition coefficient (Wildman–Crippen LogP) is 1.31. The smallest absolute Gasteiger partial charge is 0.252 e. The third kappa shape index (κ3) is 4.46. The Morgan fingerprint density at radius 3 is 2.61 bits per heavy atom. The van der Waals surface area contributed by atoms with Crippen molar-refractivity contribution in [2.45, 2.75) is 0 Å². The lowest BCUT2D eigenvalue weighted by atomic mass is 10.2. The fraction of sp³-hybridized carbons (Fsp3) is 0.471. The van der Waals surface area contributed by atoms with Crippen LogP contribution >= 0.6 is 0 Å². The molecule has 0 radical (unpaired) electrons. The zero-order valence-corrected chi connectivity index (χ0v) is 14.4. The summed E-state index contributed by atoms with van der Waals surface area (Å²) in [6.07, 6.45) is 1.89. The Kier molecular flexibility index (Phi) is 6.01. The lowest BCUT2D eigenvalue weighted by molar-refractivity contribution is 0.0950. The van der Waals surface area contributed by atoms with Crippen LogP contribution in [0.15, 0.2) is 30.5 Å². The third-order valence-corrected chi connectivity index (χ3v) is 3.76. The van der Waals surface area contributed by atoms with E-state index in [0.29, 0.717) is 18.7 Å². The molecular weight excluding hydrogens is 292 g/mol. The van der Waals surface area contributed by atoms with Gasteiger partial charge in [0.25, 0.3) is 5.91 Å². The number of pyridine rings is 1. The summed E-state index contributed by atoms with van der Waals surface area (Å²) in [6.45, 7) is 2.91. The van der Waals surface area contributed by atoms with E-state index in [9.17, 15) is 4.79 Å². The van der Waals surface area contributed by atoms with Crippen molar-refractivity contribution in [3.8, 4) is 0 Å². The molecule has 2 aromatic heterocycles. The van der Waals surface area contributed by atoms with Crippen molar-refractivity contribution in [3.05, 3.63) is 36.0 Å². The molecule has 126 valence electrons. The number of amides is 1. The summed E-state index contributed by atoms with van der Waals surface area (Å²) in [6, 6.07) is 7.93. The monoisotopic (exact) mass is 318 g/mol. The minimum atomic E-state index is -0.0482. The summed E-state index contributed by atoms with van der Waals surface area (Å²) < 4.78 is 7.17. The summed E-state index contributed by atoms with van der Waals surface area (Å²) in [7, 11) is 7.69. The standard InChI is InChI=1S/C17H26N4O2/c1-19(2)10-9-18-17(22)14-5-6-15-7-8-16(21(15)13-14)20(3)11-12-23-4/h5-8,13H,9-12H2,1-4H3,(H,18,22). The second kappa shape index (κ2) is 7.99. The van der Waals surface area contributed by atoms with Crippen LogP contribution in [0.5, 0.6) is 0 Å². The number of anilines is 1. The van der Waals surface area contributed by atoms with E-state index in [0.717, 1.165) is 24.4 Å². The molecule has 0 aromatic carbocycles. The largest absolute Gasteiger partial charge is 0.383 e. The van der Waals surface area contributed by atoms with Crippen LogP contribution in [-0.4, -0.2) is 69.7 Å². The average Bonchev–Trinajstić information content (AvgIpc) is 2.95. The summed E-state index contributed by atoms with van der Waals surface area (Å²) in [4.78, 5) is 16.4. The Morgan fingerprint density at radius 2 is 1.91 bits per heavy atom. The Hall–Kier alpha value is -2.05. The molecule has 0 saturated carbocycles. The fourth-order valence-corrected chi connectivity index (χ4v) is 2.37. The van der Waals surface area contributed by atoms with Gasteiger partial charge >= 0.3 is 0 Å². The highest BCUT2D eigenvalue weighted by Gasteiger charge is 2.10. The molecule has 6 heteroatoms. The number of nitrogens with one attached hydrogen (secondary N) is 1. The molecule has 0 aliphatic carbocycles. The first-order valence-corrected chi connectivity index (χ1v) is 7.77. The van der Waals surface area contributed by atoms with Gasteiger partial charge < -0.3 is 24.3 Å². The van der Waals surface area contributed by atoms with Crippen LogP contribution in [0.2, 0.25) is 0 Å². The second-order valence-electron chi connectivity index (χ2n) is 5.88. The number of fused-ring (bicyclic) bond motifs is 1. The highest BCUT2D eigenvalue weighted by molar-refractivity contribution is 5.94. The predicted molar refractivity (Wildman–Crippen MR) is 93.4 cm³/mol. The number of likely N-dealkylation sites (N-methyl/N-ethyl adjacent to an activating group) is 2. The van der Waals surface area contributed by atoms with Gasteiger partial charge in [0.05, 0.1) is 12.2 Å². The molecule has 0 unspecified atom stereocenters. The van der Waals surface area contributed by atoms with E-state index in [-0.39, 0.29) is 5.91 Å². The number of hydrogen-bond donors (Lipinski definition) is 1. The molecular formula is C17H26N4O2. The fourth-order valence-electron chi connectivity index (χ4n) is 2.37. The van der Waals surface area contributed by atoms with Gasteiger partial charge in [0.15, 0.2) is 0 Å². The van der Waals surface area contributed by atoms with Gasteiger partial charge in [-0.25, -0.2) is 0 Å². The Morgan fingerprint density at radius 1 is 1.17 bits per heavy atom. The van der Waals surface area contributed by atoms with Crippen LogP contribution in [0.25, 0.3) is 5.52 Å². The van der Waals surface area contributed by atoms with Gasteiger partial charge in [0.2, 0.25) is 0 Å². The minimum Gasteiger partial charge on any atom is -0.383 e. The summed E-state index contributed by atoms with van der Waals surface area (Å²) in [5.74, 6) is 0.993. The molecule has 0 saturated heterocycles. The quantitative estimate of drug-likeness (QED) is 0.797. The molecule has 0 aliphatic heterocycles. The van der Waals surface area contributed by atoms with E-state index in [1.165, 1.54) is 0 Å². The highest BCUT2D eigenvalue weighted by Crippen LogP contribution is 2.19. The van der Waals surface area contributed by atoms with Crippen molar-refractivity contribution in [2.24, 2.45) is 0 Å². The Balaban J connectivity index is 2.15. The van der Waals surface area contributed by atoms with Gasteiger partial charge in [0, 0.05) is 45.5 Å². The van der Waals surface area contributed by atoms with Crippen LogP contribution < -0.4 is 10.2 Å². The minimum absolute atomic E-state index is 0.0482. The van der Waals surface area contributed by atoms with E-state index in [4.69, 9.17) is 4.74 Å². The van der Waals surface area contributed by atoms with E-state index >= 15 is 0 Å². The van der Waals surface area contributed by atoms with Crippen LogP contribution in [0.3, 0.4) is 0 Å². The SMILES string of the molecule is COCCN(C)c1ccc2ccc(C(=O)NCCN(C)C)cn12. The molecule has 0 fully saturated rings. The van der Waals surface area contributed by atoms with Crippen molar-refractivity contribution in [1.29, 1.82) is 0 Å². The highest BCUT2D eigenvalue weighted by atomic mass is 16.5. The summed E-state index contributed by atoms with van der Waals surface area (Å²) >= 11 is 0. The molecule has 2 aromatic rings. The average molecular weight is 318 g/mol. The molecule has 6 nitrogen and oxygen atoms in total. The maximum absolute atomic E-state index is 12.3. The third-order valence-electron chi connectivity index (χ3n) is 3.76. The molecule has 2 rings (SSSR count). The number of aromatic nitrogens is 1. The number of hydrogen-bond acceptors (Lipinski definition) is 4. The van der Waals surface area contributed by atoms with E-state index in [1.807, 2.05) is 54.8 Å². The van der Waals surface area contributed by atoms with E-state index in [2.05, 4.69) is 16.3 Å². The van der Waals surface area contributed by atoms with Crippen molar-refractivity contribution >= 4 is 17.2 Å². The van der Waals surface area contributed by atoms with Crippen molar-refractivity contribution < 1.29 is 9.53 Å². The van der Waals surface area contributed by atoms with Crippen LogP contribution in [-0.2, 0) is 4.74 Å². The van der Waals surface area contributed by atoms with Crippen molar-refractivity contribution in [1.82, 2.24) is 14.6 Å². The lowest BCUT2D eigenvalue weighted by Gasteiger charge is -2.19. The van der Waals surface area contributed by atoms with E-state index in [1.54, 1.807) is 7.11 Å². The maximum Gasteiger partial charge on any atom is 0.252 e. The summed E-state index contributed by atoms with van der Waals surface area (Å²) in [5, 5.41) is 2.94. The number of methoxy groups -OCH3 is 1. The maximum atomic E-state index is 12.3. The zero-order valence-electron chi connectivity index (χ0n) is 14.4. The van der Waals surface area contributed by atoms with Gasteiger partial charge in [-0.2, -0.15) is 0 Å². The molecule has 23 heavy (non-hydrogen) atoms. The second-order valence-corrected chi connectivity index (χ2v) is 5.88. The Bertz CT molecular complexity index is 651. The Labute approximate surface area is 137 Å². The first kappa shape index (κ1) is 17.3. The van der Waals surface area contributed by atoms with E-state index < -0.39 is 0 Å². The number of carbonyl (C=O) groups excluding carboxylic acids is 1. The molecule has 2 heterocycles. The number of rotatable bonds is 8. The van der Waals surface area contributed by atoms with Gasteiger partial charge in [-0.05, 0) is 38.4 Å². The van der Waals surface area contributed by atoms with Gasteiger partial charge in [0.1, 0.15) is 5.82 Å². The number of nitrogens with zero attached hydrogens (tertiary/aromatic N) is 3. The molecule has 1 N–H and O–H groups in total. The molecule has 0 aliphatic rings.